The van der Waals surface area contributed by atoms with Crippen LogP contribution in [0.2, 0.25) is 0 Å². The van der Waals surface area contributed by atoms with Crippen LogP contribution in [0.1, 0.15) is 50.4 Å². The van der Waals surface area contributed by atoms with Gasteiger partial charge in [-0.3, -0.25) is 9.59 Å². The quantitative estimate of drug-likeness (QED) is 0.740. The largest absolute Gasteiger partial charge is 0.444 e. The zero-order valence-corrected chi connectivity index (χ0v) is 18.7. The molecule has 1 aliphatic rings. The van der Waals surface area contributed by atoms with Crippen molar-refractivity contribution < 1.29 is 19.1 Å². The first-order valence-corrected chi connectivity index (χ1v) is 10.4. The van der Waals surface area contributed by atoms with Gasteiger partial charge < -0.3 is 25.2 Å². The predicted octanol–water partition coefficient (Wildman–Crippen LogP) is 2.39. The van der Waals surface area contributed by atoms with Crippen molar-refractivity contribution in [1.82, 2.24) is 15.5 Å². The molecule has 0 atom stereocenters. The summed E-state index contributed by atoms with van der Waals surface area (Å²) in [6.45, 7) is 6.80. The molecule has 1 fully saturated rings. The summed E-state index contributed by atoms with van der Waals surface area (Å²) in [4.78, 5) is 40.2. The molecule has 2 rings (SSSR count). The molecule has 30 heavy (non-hydrogen) atoms. The maximum absolute atomic E-state index is 12.7. The topological polar surface area (TPSA) is 91.0 Å². The molecule has 1 heterocycles. The van der Waals surface area contributed by atoms with Gasteiger partial charge in [-0.1, -0.05) is 0 Å². The second kappa shape index (κ2) is 10.3. The van der Waals surface area contributed by atoms with Crippen molar-refractivity contribution in [3.05, 3.63) is 29.8 Å². The molecule has 8 nitrogen and oxygen atoms in total. The number of amides is 3. The van der Waals surface area contributed by atoms with E-state index < -0.39 is 11.7 Å². The Morgan fingerprint density at radius 1 is 1.10 bits per heavy atom. The molecule has 1 aromatic rings. The Morgan fingerprint density at radius 2 is 1.70 bits per heavy atom. The number of hydrogen-bond donors (Lipinski definition) is 2. The van der Waals surface area contributed by atoms with Crippen molar-refractivity contribution in [3.63, 3.8) is 0 Å². The Bertz CT molecular complexity index is 732. The van der Waals surface area contributed by atoms with Crippen LogP contribution in [0.15, 0.2) is 24.3 Å². The number of likely N-dealkylation sites (tertiary alicyclic amines) is 1. The maximum Gasteiger partial charge on any atom is 0.407 e. The number of piperidine rings is 1. The molecule has 0 radical (unpaired) electrons. The summed E-state index contributed by atoms with van der Waals surface area (Å²) >= 11 is 0. The average molecular weight is 419 g/mol. The number of nitrogens with one attached hydrogen (secondary N) is 2. The molecule has 0 bridgehead atoms. The van der Waals surface area contributed by atoms with Crippen LogP contribution in [0, 0.1) is 0 Å². The predicted molar refractivity (Wildman–Crippen MR) is 117 cm³/mol. The second-order valence-corrected chi connectivity index (χ2v) is 8.75. The summed E-state index contributed by atoms with van der Waals surface area (Å²) in [5.74, 6) is -0.0956. The highest BCUT2D eigenvalue weighted by Gasteiger charge is 2.24. The fourth-order valence-electron chi connectivity index (χ4n) is 3.20. The summed E-state index contributed by atoms with van der Waals surface area (Å²) in [6.07, 6.45) is 1.09. The van der Waals surface area contributed by atoms with Gasteiger partial charge in [-0.25, -0.2) is 4.79 Å². The molecular formula is C22H34N4O4. The standard InChI is InChI=1S/C22H34N4O4/c1-22(2,3)30-21(29)23-13-10-19(27)24-17-11-14-26(15-12-17)20(28)16-6-8-18(9-7-16)25(4)5/h6-9,17H,10-15H2,1-5H3,(H,23,29)(H,24,27). The van der Waals surface area contributed by atoms with E-state index >= 15 is 0 Å². The van der Waals surface area contributed by atoms with Crippen LogP contribution in [0.25, 0.3) is 0 Å². The van der Waals surface area contributed by atoms with E-state index in [2.05, 4.69) is 10.6 Å². The summed E-state index contributed by atoms with van der Waals surface area (Å²) < 4.78 is 5.14. The third-order valence-electron chi connectivity index (χ3n) is 4.80. The Hall–Kier alpha value is -2.77. The lowest BCUT2D eigenvalue weighted by Gasteiger charge is -2.32. The number of rotatable bonds is 6. The number of benzene rings is 1. The molecule has 0 aromatic heterocycles. The molecule has 1 aliphatic heterocycles. The average Bonchev–Trinajstić information content (AvgIpc) is 2.66. The molecule has 1 aromatic carbocycles. The van der Waals surface area contributed by atoms with E-state index in [4.69, 9.17) is 4.74 Å². The summed E-state index contributed by atoms with van der Waals surface area (Å²) in [5, 5.41) is 5.57. The van der Waals surface area contributed by atoms with Crippen LogP contribution >= 0.6 is 0 Å². The summed E-state index contributed by atoms with van der Waals surface area (Å²) in [7, 11) is 3.92. The van der Waals surface area contributed by atoms with Gasteiger partial charge in [0.25, 0.3) is 5.91 Å². The highest BCUT2D eigenvalue weighted by atomic mass is 16.6. The fourth-order valence-corrected chi connectivity index (χ4v) is 3.20. The van der Waals surface area contributed by atoms with Gasteiger partial charge in [0, 0.05) is 57.4 Å². The third-order valence-corrected chi connectivity index (χ3v) is 4.80. The van der Waals surface area contributed by atoms with Gasteiger partial charge in [0.2, 0.25) is 5.91 Å². The fraction of sp³-hybridized carbons (Fsp3) is 0.591. The number of anilines is 1. The van der Waals surface area contributed by atoms with Crippen molar-refractivity contribution in [1.29, 1.82) is 0 Å². The van der Waals surface area contributed by atoms with Gasteiger partial charge in [0.1, 0.15) is 5.60 Å². The van der Waals surface area contributed by atoms with E-state index in [1.54, 1.807) is 20.8 Å². The van der Waals surface area contributed by atoms with Crippen LogP contribution in [-0.2, 0) is 9.53 Å². The molecule has 0 aliphatic carbocycles. The Balaban J connectivity index is 1.70. The van der Waals surface area contributed by atoms with E-state index in [9.17, 15) is 14.4 Å². The van der Waals surface area contributed by atoms with E-state index in [1.165, 1.54) is 0 Å². The zero-order chi connectivity index (χ0) is 22.3. The van der Waals surface area contributed by atoms with Gasteiger partial charge in [-0.05, 0) is 57.9 Å². The van der Waals surface area contributed by atoms with Gasteiger partial charge in [0.05, 0.1) is 0 Å². The van der Waals surface area contributed by atoms with Crippen molar-refractivity contribution in [2.75, 3.05) is 38.6 Å². The lowest BCUT2D eigenvalue weighted by Crippen LogP contribution is -2.47. The van der Waals surface area contributed by atoms with Crippen LogP contribution in [0.4, 0.5) is 10.5 Å². The smallest absolute Gasteiger partial charge is 0.407 e. The SMILES string of the molecule is CN(C)c1ccc(C(=O)N2CCC(NC(=O)CCNC(=O)OC(C)(C)C)CC2)cc1. The minimum absolute atomic E-state index is 0.0200. The van der Waals surface area contributed by atoms with Gasteiger partial charge in [-0.2, -0.15) is 0 Å². The molecule has 166 valence electrons. The molecule has 2 N–H and O–H groups in total. The van der Waals surface area contributed by atoms with E-state index in [1.807, 2.05) is 48.2 Å². The molecular weight excluding hydrogens is 384 g/mol. The van der Waals surface area contributed by atoms with Gasteiger partial charge >= 0.3 is 6.09 Å². The number of ether oxygens (including phenoxy) is 1. The van der Waals surface area contributed by atoms with Crippen LogP contribution in [0.3, 0.4) is 0 Å². The number of hydrogen-bond acceptors (Lipinski definition) is 5. The number of alkyl carbamates (subject to hydrolysis) is 1. The van der Waals surface area contributed by atoms with Crippen molar-refractivity contribution in [2.45, 2.75) is 51.7 Å². The minimum atomic E-state index is -0.563. The van der Waals surface area contributed by atoms with Gasteiger partial charge in [-0.15, -0.1) is 0 Å². The highest BCUT2D eigenvalue weighted by molar-refractivity contribution is 5.94. The summed E-state index contributed by atoms with van der Waals surface area (Å²) in [6, 6.07) is 7.61. The van der Waals surface area contributed by atoms with E-state index in [0.717, 1.165) is 5.69 Å². The molecule has 3 amide bonds. The molecule has 0 unspecified atom stereocenters. The first-order valence-electron chi connectivity index (χ1n) is 10.4. The monoisotopic (exact) mass is 418 g/mol. The first kappa shape index (κ1) is 23.5. The normalized spacial score (nSPS) is 14.8. The Labute approximate surface area is 178 Å². The maximum atomic E-state index is 12.7. The van der Waals surface area contributed by atoms with Gasteiger partial charge in [0.15, 0.2) is 0 Å². The number of carbonyl (C=O) groups is 3. The summed E-state index contributed by atoms with van der Waals surface area (Å²) in [5.41, 5.74) is 1.16. The third kappa shape index (κ3) is 7.57. The van der Waals surface area contributed by atoms with E-state index in [-0.39, 0.29) is 30.8 Å². The molecule has 0 saturated carbocycles. The lowest BCUT2D eigenvalue weighted by molar-refractivity contribution is -0.121. The molecule has 1 saturated heterocycles. The zero-order valence-electron chi connectivity index (χ0n) is 18.7. The molecule has 0 spiro atoms. The Kier molecular flexibility index (Phi) is 8.08. The lowest BCUT2D eigenvalue weighted by atomic mass is 10.0. The van der Waals surface area contributed by atoms with Crippen LogP contribution in [-0.4, -0.2) is 68.2 Å². The second-order valence-electron chi connectivity index (χ2n) is 8.75. The first-order chi connectivity index (χ1) is 14.0. The van der Waals surface area contributed by atoms with Crippen LogP contribution in [0.5, 0.6) is 0 Å². The van der Waals surface area contributed by atoms with Crippen molar-refractivity contribution >= 4 is 23.6 Å². The molecule has 8 heteroatoms. The van der Waals surface area contributed by atoms with Crippen molar-refractivity contribution in [2.24, 2.45) is 0 Å². The van der Waals surface area contributed by atoms with Crippen LogP contribution < -0.4 is 15.5 Å². The number of carbonyl (C=O) groups excluding carboxylic acids is 3. The van der Waals surface area contributed by atoms with E-state index in [0.29, 0.717) is 31.5 Å². The van der Waals surface area contributed by atoms with Crippen molar-refractivity contribution in [3.8, 4) is 0 Å². The Morgan fingerprint density at radius 3 is 2.23 bits per heavy atom. The number of nitrogens with zero attached hydrogens (tertiary/aromatic N) is 2. The highest BCUT2D eigenvalue weighted by Crippen LogP contribution is 2.17. The minimum Gasteiger partial charge on any atom is -0.444 e.